The van der Waals surface area contributed by atoms with Crippen LogP contribution in [0.15, 0.2) is 113 Å². The van der Waals surface area contributed by atoms with Crippen LogP contribution in [0.25, 0.3) is 6.08 Å². The zero-order chi connectivity index (χ0) is 24.9. The number of anilines is 1. The molecule has 1 amide bonds. The first-order chi connectivity index (χ1) is 17.6. The highest BCUT2D eigenvalue weighted by molar-refractivity contribution is 8.19. The quantitative estimate of drug-likeness (QED) is 0.246. The summed E-state index contributed by atoms with van der Waals surface area (Å²) in [6.07, 6.45) is 1.80. The van der Waals surface area contributed by atoms with Gasteiger partial charge in [-0.25, -0.2) is 9.38 Å². The second-order valence-electron chi connectivity index (χ2n) is 7.92. The lowest BCUT2D eigenvalue weighted by Gasteiger charge is -2.15. The molecule has 1 fully saturated rings. The molecule has 1 aliphatic heterocycles. The third-order valence-electron chi connectivity index (χ3n) is 5.36. The van der Waals surface area contributed by atoms with Gasteiger partial charge in [0.25, 0.3) is 5.91 Å². The Labute approximate surface area is 217 Å². The number of aliphatic imine (C=N–C) groups is 1. The predicted octanol–water partition coefficient (Wildman–Crippen LogP) is 7.87. The number of hydrogen-bond donors (Lipinski definition) is 0. The summed E-state index contributed by atoms with van der Waals surface area (Å²) in [5.41, 5.74) is 3.10. The van der Waals surface area contributed by atoms with Crippen molar-refractivity contribution in [2.75, 3.05) is 4.90 Å². The number of ether oxygens (including phenoxy) is 1. The number of nitrogens with zero attached hydrogens (tertiary/aromatic N) is 2. The summed E-state index contributed by atoms with van der Waals surface area (Å²) < 4.78 is 18.9. The fraction of sp³-hybridized carbons (Fsp3) is 0.0345. The molecule has 4 nitrogen and oxygen atoms in total. The van der Waals surface area contributed by atoms with E-state index in [1.807, 2.05) is 66.7 Å². The molecule has 4 aromatic rings. The smallest absolute Gasteiger partial charge is 0.271 e. The molecule has 0 atom stereocenters. The number of para-hydroxylation sites is 2. The Hall–Kier alpha value is -3.87. The molecule has 1 saturated heterocycles. The summed E-state index contributed by atoms with van der Waals surface area (Å²) in [6, 6.07) is 30.4. The van der Waals surface area contributed by atoms with Gasteiger partial charge in [0.2, 0.25) is 0 Å². The van der Waals surface area contributed by atoms with E-state index in [1.165, 1.54) is 23.9 Å². The van der Waals surface area contributed by atoms with Gasteiger partial charge >= 0.3 is 0 Å². The van der Waals surface area contributed by atoms with Crippen LogP contribution in [0, 0.1) is 5.82 Å². The molecule has 0 unspecified atom stereocenters. The molecule has 0 bridgehead atoms. The normalized spacial score (nSPS) is 15.6. The molecule has 0 saturated carbocycles. The van der Waals surface area contributed by atoms with Crippen LogP contribution in [0.5, 0.6) is 5.75 Å². The van der Waals surface area contributed by atoms with Gasteiger partial charge in [0.15, 0.2) is 5.17 Å². The van der Waals surface area contributed by atoms with Crippen LogP contribution in [-0.4, -0.2) is 11.1 Å². The first-order valence-corrected chi connectivity index (χ1v) is 12.4. The van der Waals surface area contributed by atoms with Crippen molar-refractivity contribution in [3.8, 4) is 5.75 Å². The van der Waals surface area contributed by atoms with Crippen molar-refractivity contribution in [1.82, 2.24) is 0 Å². The Morgan fingerprint density at radius 2 is 1.61 bits per heavy atom. The number of carbonyl (C=O) groups excluding carboxylic acids is 1. The van der Waals surface area contributed by atoms with Gasteiger partial charge in [-0.15, -0.1) is 0 Å². The minimum Gasteiger partial charge on any atom is -0.487 e. The van der Waals surface area contributed by atoms with Crippen molar-refractivity contribution in [2.45, 2.75) is 6.61 Å². The zero-order valence-corrected chi connectivity index (χ0v) is 20.5. The highest BCUT2D eigenvalue weighted by Crippen LogP contribution is 2.38. The average Bonchev–Trinajstić information content (AvgIpc) is 3.19. The highest BCUT2D eigenvalue weighted by atomic mass is 35.5. The maximum atomic E-state index is 13.4. The van der Waals surface area contributed by atoms with Crippen LogP contribution >= 0.6 is 23.4 Å². The minimum absolute atomic E-state index is 0.159. The average molecular weight is 515 g/mol. The van der Waals surface area contributed by atoms with Crippen LogP contribution in [-0.2, 0) is 11.4 Å². The van der Waals surface area contributed by atoms with E-state index in [1.54, 1.807) is 35.2 Å². The van der Waals surface area contributed by atoms with Gasteiger partial charge in [-0.3, -0.25) is 9.69 Å². The molecule has 0 aliphatic carbocycles. The van der Waals surface area contributed by atoms with Gasteiger partial charge in [-0.2, -0.15) is 0 Å². The molecule has 4 aromatic carbocycles. The summed E-state index contributed by atoms with van der Waals surface area (Å²) in [7, 11) is 0. The molecule has 0 spiro atoms. The van der Waals surface area contributed by atoms with Crippen LogP contribution < -0.4 is 9.64 Å². The van der Waals surface area contributed by atoms with Crippen molar-refractivity contribution in [3.05, 3.63) is 130 Å². The van der Waals surface area contributed by atoms with Gasteiger partial charge in [0.05, 0.1) is 21.3 Å². The SMILES string of the molecule is O=C1/C(=C\c2ccc(OCc3ccc(F)cc3)c(Cl)c2)SC(=Nc2ccccc2)N1c1ccccc1. The van der Waals surface area contributed by atoms with E-state index in [0.29, 0.717) is 20.8 Å². The second-order valence-corrected chi connectivity index (χ2v) is 9.34. The fourth-order valence-corrected chi connectivity index (χ4v) is 4.83. The van der Waals surface area contributed by atoms with E-state index in [4.69, 9.17) is 21.3 Å². The lowest BCUT2D eigenvalue weighted by atomic mass is 10.2. The number of hydrogen-bond acceptors (Lipinski definition) is 4. The van der Waals surface area contributed by atoms with E-state index in [-0.39, 0.29) is 18.3 Å². The van der Waals surface area contributed by atoms with Gasteiger partial charge < -0.3 is 4.74 Å². The number of amidine groups is 1. The lowest BCUT2D eigenvalue weighted by Crippen LogP contribution is -2.28. The number of benzene rings is 4. The number of halogens is 2. The molecule has 1 aliphatic rings. The van der Waals surface area contributed by atoms with E-state index in [2.05, 4.69) is 0 Å². The maximum Gasteiger partial charge on any atom is 0.271 e. The topological polar surface area (TPSA) is 41.9 Å². The van der Waals surface area contributed by atoms with Gasteiger partial charge in [0, 0.05) is 0 Å². The first kappa shape index (κ1) is 23.9. The number of thioether (sulfide) groups is 1. The molecule has 36 heavy (non-hydrogen) atoms. The van der Waals surface area contributed by atoms with Crippen molar-refractivity contribution in [3.63, 3.8) is 0 Å². The zero-order valence-electron chi connectivity index (χ0n) is 19.0. The number of rotatable bonds is 6. The Balaban J connectivity index is 1.39. The highest BCUT2D eigenvalue weighted by Gasteiger charge is 2.34. The first-order valence-electron chi connectivity index (χ1n) is 11.2. The van der Waals surface area contributed by atoms with Crippen molar-refractivity contribution < 1.29 is 13.9 Å². The van der Waals surface area contributed by atoms with E-state index in [9.17, 15) is 9.18 Å². The van der Waals surface area contributed by atoms with Crippen molar-refractivity contribution in [1.29, 1.82) is 0 Å². The largest absolute Gasteiger partial charge is 0.487 e. The van der Waals surface area contributed by atoms with Gasteiger partial charge in [-0.1, -0.05) is 66.2 Å². The molecule has 5 rings (SSSR count). The van der Waals surface area contributed by atoms with Crippen LogP contribution in [0.2, 0.25) is 5.02 Å². The third kappa shape index (κ3) is 5.51. The summed E-state index contributed by atoms with van der Waals surface area (Å²) >= 11 is 7.78. The van der Waals surface area contributed by atoms with E-state index in [0.717, 1.165) is 22.5 Å². The van der Waals surface area contributed by atoms with Crippen molar-refractivity contribution >= 4 is 51.9 Å². The van der Waals surface area contributed by atoms with E-state index >= 15 is 0 Å². The summed E-state index contributed by atoms with van der Waals surface area (Å²) in [4.78, 5) is 20.3. The summed E-state index contributed by atoms with van der Waals surface area (Å²) in [5, 5.41) is 0.994. The molecular formula is C29H20ClFN2O2S. The second kappa shape index (κ2) is 10.8. The Bertz CT molecular complexity index is 1440. The molecule has 0 radical (unpaired) electrons. The Kier molecular flexibility index (Phi) is 7.16. The summed E-state index contributed by atoms with van der Waals surface area (Å²) in [6.45, 7) is 0.264. The third-order valence-corrected chi connectivity index (χ3v) is 6.63. The van der Waals surface area contributed by atoms with Gasteiger partial charge in [-0.05, 0) is 77.5 Å². The Morgan fingerprint density at radius 1 is 0.917 bits per heavy atom. The number of amides is 1. The van der Waals surface area contributed by atoms with Crippen LogP contribution in [0.1, 0.15) is 11.1 Å². The van der Waals surface area contributed by atoms with Crippen LogP contribution in [0.3, 0.4) is 0 Å². The molecule has 0 N–H and O–H groups in total. The Morgan fingerprint density at radius 3 is 2.31 bits per heavy atom. The monoisotopic (exact) mass is 514 g/mol. The van der Waals surface area contributed by atoms with Crippen LogP contribution in [0.4, 0.5) is 15.8 Å². The fourth-order valence-electron chi connectivity index (χ4n) is 3.58. The minimum atomic E-state index is -0.295. The molecule has 178 valence electrons. The van der Waals surface area contributed by atoms with Crippen molar-refractivity contribution in [2.24, 2.45) is 4.99 Å². The number of carbonyl (C=O) groups is 1. The summed E-state index contributed by atoms with van der Waals surface area (Å²) in [5.74, 6) is 0.0516. The molecular weight excluding hydrogens is 495 g/mol. The predicted molar refractivity (Wildman–Crippen MR) is 145 cm³/mol. The maximum absolute atomic E-state index is 13.4. The van der Waals surface area contributed by atoms with E-state index < -0.39 is 0 Å². The standard InChI is InChI=1S/C29H20ClFN2O2S/c30-25-17-21(13-16-26(25)35-19-20-11-14-22(31)15-12-20)18-27-28(34)33(24-9-5-2-6-10-24)29(36-27)32-23-7-3-1-4-8-23/h1-18H,19H2/b27-18+,32-29?. The molecule has 0 aromatic heterocycles. The van der Waals surface area contributed by atoms with Gasteiger partial charge in [0.1, 0.15) is 18.2 Å². The molecule has 7 heteroatoms. The molecule has 1 heterocycles. The lowest BCUT2D eigenvalue weighted by molar-refractivity contribution is -0.113.